The van der Waals surface area contributed by atoms with E-state index < -0.39 is 0 Å². The second kappa shape index (κ2) is 6.91. The fourth-order valence-corrected chi connectivity index (χ4v) is 4.15. The van der Waals surface area contributed by atoms with E-state index in [2.05, 4.69) is 5.32 Å². The molecule has 1 spiro atoms. The molecule has 0 radical (unpaired) electrons. The van der Waals surface area contributed by atoms with Gasteiger partial charge >= 0.3 is 0 Å². The zero-order chi connectivity index (χ0) is 18.1. The summed E-state index contributed by atoms with van der Waals surface area (Å²) in [5.74, 6) is 1.17. The number of carbonyl (C=O) groups is 2. The zero-order valence-electron chi connectivity index (χ0n) is 14.9. The van der Waals surface area contributed by atoms with E-state index in [4.69, 9.17) is 4.74 Å². The van der Waals surface area contributed by atoms with Crippen molar-refractivity contribution in [3.63, 3.8) is 0 Å². The molecule has 0 aromatic heterocycles. The third-order valence-corrected chi connectivity index (χ3v) is 5.88. The van der Waals surface area contributed by atoms with Gasteiger partial charge in [0.1, 0.15) is 11.4 Å². The molecule has 1 saturated carbocycles. The van der Waals surface area contributed by atoms with Gasteiger partial charge < -0.3 is 20.1 Å². The van der Waals surface area contributed by atoms with Crippen LogP contribution in [0.15, 0.2) is 24.3 Å². The summed E-state index contributed by atoms with van der Waals surface area (Å²) in [4.78, 5) is 26.1. The van der Waals surface area contributed by atoms with Crippen LogP contribution in [0.3, 0.4) is 0 Å². The van der Waals surface area contributed by atoms with Gasteiger partial charge in [-0.1, -0.05) is 6.07 Å². The highest BCUT2D eigenvalue weighted by Crippen LogP contribution is 2.42. The van der Waals surface area contributed by atoms with E-state index in [1.165, 1.54) is 18.9 Å². The molecule has 4 rings (SSSR count). The zero-order valence-corrected chi connectivity index (χ0v) is 14.9. The first-order chi connectivity index (χ1) is 12.6. The average Bonchev–Trinajstić information content (AvgIpc) is 3.29. The molecule has 0 bridgehead atoms. The highest BCUT2D eigenvalue weighted by Gasteiger charge is 2.54. The number of aromatic hydroxyl groups is 1. The number of phenols is 1. The summed E-state index contributed by atoms with van der Waals surface area (Å²) in [6.07, 6.45) is 4.92. The summed E-state index contributed by atoms with van der Waals surface area (Å²) in [5, 5.41) is 12.6. The fraction of sp³-hybridized carbons (Fsp3) is 0.600. The third kappa shape index (κ3) is 3.56. The van der Waals surface area contributed by atoms with Crippen LogP contribution in [0.2, 0.25) is 0 Å². The summed E-state index contributed by atoms with van der Waals surface area (Å²) < 4.78 is 6.01. The Morgan fingerprint density at radius 3 is 2.81 bits per heavy atom. The lowest BCUT2D eigenvalue weighted by Crippen LogP contribution is -2.66. The van der Waals surface area contributed by atoms with Crippen LogP contribution in [0.5, 0.6) is 5.75 Å². The first-order valence-corrected chi connectivity index (χ1v) is 9.55. The molecule has 2 N–H and O–H groups in total. The van der Waals surface area contributed by atoms with Crippen molar-refractivity contribution in [1.82, 2.24) is 10.2 Å². The number of carbonyl (C=O) groups excluding carboxylic acids is 2. The topological polar surface area (TPSA) is 78.9 Å². The van der Waals surface area contributed by atoms with Crippen molar-refractivity contribution < 1.29 is 19.4 Å². The minimum Gasteiger partial charge on any atom is -0.508 e. The highest BCUT2D eigenvalue weighted by atomic mass is 16.5. The maximum atomic E-state index is 12.5. The lowest BCUT2D eigenvalue weighted by Gasteiger charge is -2.50. The number of hydrogen-bond acceptors (Lipinski definition) is 4. The number of likely N-dealkylation sites (tertiary alicyclic amines) is 1. The smallest absolute Gasteiger partial charge is 0.254 e. The molecule has 2 saturated heterocycles. The van der Waals surface area contributed by atoms with Gasteiger partial charge in [-0.2, -0.15) is 0 Å². The molecule has 0 unspecified atom stereocenters. The molecule has 3 aliphatic rings. The molecular formula is C20H26N2O4. The summed E-state index contributed by atoms with van der Waals surface area (Å²) in [7, 11) is 0. The van der Waals surface area contributed by atoms with Crippen LogP contribution in [-0.2, 0) is 9.53 Å². The third-order valence-electron chi connectivity index (χ3n) is 5.88. The fourth-order valence-electron chi connectivity index (χ4n) is 4.15. The van der Waals surface area contributed by atoms with E-state index >= 15 is 0 Å². The van der Waals surface area contributed by atoms with Crippen LogP contribution in [0, 0.1) is 11.8 Å². The molecule has 1 aliphatic carbocycles. The van der Waals surface area contributed by atoms with Crippen molar-refractivity contribution >= 4 is 11.8 Å². The monoisotopic (exact) mass is 358 g/mol. The van der Waals surface area contributed by atoms with Gasteiger partial charge in [0.15, 0.2) is 0 Å². The minimum atomic E-state index is -0.256. The van der Waals surface area contributed by atoms with Crippen molar-refractivity contribution in [3.05, 3.63) is 29.8 Å². The molecule has 2 aliphatic heterocycles. The number of nitrogens with one attached hydrogen (secondary N) is 1. The molecule has 26 heavy (non-hydrogen) atoms. The Labute approximate surface area is 153 Å². The molecule has 3 fully saturated rings. The van der Waals surface area contributed by atoms with E-state index in [-0.39, 0.29) is 23.2 Å². The van der Waals surface area contributed by atoms with E-state index in [1.807, 2.05) is 0 Å². The van der Waals surface area contributed by atoms with Gasteiger partial charge in [-0.25, -0.2) is 0 Å². The second-order valence-corrected chi connectivity index (χ2v) is 7.90. The van der Waals surface area contributed by atoms with E-state index in [0.29, 0.717) is 43.5 Å². The number of benzene rings is 1. The van der Waals surface area contributed by atoms with Crippen LogP contribution >= 0.6 is 0 Å². The second-order valence-electron chi connectivity index (χ2n) is 7.90. The van der Waals surface area contributed by atoms with E-state index in [0.717, 1.165) is 19.4 Å². The normalized spacial score (nSPS) is 23.7. The van der Waals surface area contributed by atoms with Crippen molar-refractivity contribution in [2.45, 2.75) is 37.7 Å². The van der Waals surface area contributed by atoms with E-state index in [9.17, 15) is 14.7 Å². The maximum Gasteiger partial charge on any atom is 0.254 e. The molecule has 2 heterocycles. The predicted molar refractivity (Wildman–Crippen MR) is 95.8 cm³/mol. The molecule has 1 aromatic carbocycles. The molecular weight excluding hydrogens is 332 g/mol. The summed E-state index contributed by atoms with van der Waals surface area (Å²) in [6, 6.07) is 6.45. The van der Waals surface area contributed by atoms with Gasteiger partial charge in [0.25, 0.3) is 5.91 Å². The molecule has 2 amide bonds. The number of amides is 2. The maximum absolute atomic E-state index is 12.5. The number of nitrogens with zero attached hydrogens (tertiary/aromatic N) is 1. The Kier molecular flexibility index (Phi) is 4.61. The summed E-state index contributed by atoms with van der Waals surface area (Å²) in [6.45, 7) is 2.57. The SMILES string of the molecule is O=C(CC1CC1)NCC[C@@H]1CCOC12CN(C(=O)c1cccc(O)c1)C2. The van der Waals surface area contributed by atoms with Gasteiger partial charge in [0.2, 0.25) is 5.91 Å². The molecule has 6 nitrogen and oxygen atoms in total. The number of phenolic OH excluding ortho intramolecular Hbond substituents is 1. The molecule has 1 aromatic rings. The van der Waals surface area contributed by atoms with Crippen LogP contribution in [0.4, 0.5) is 0 Å². The van der Waals surface area contributed by atoms with Crippen molar-refractivity contribution in [2.24, 2.45) is 11.8 Å². The Hall–Kier alpha value is -2.08. The first-order valence-electron chi connectivity index (χ1n) is 9.55. The average molecular weight is 358 g/mol. The summed E-state index contributed by atoms with van der Waals surface area (Å²) in [5.41, 5.74) is 0.245. The lowest BCUT2D eigenvalue weighted by molar-refractivity contribution is -0.123. The van der Waals surface area contributed by atoms with Crippen LogP contribution < -0.4 is 5.32 Å². The molecule has 1 atom stereocenters. The largest absolute Gasteiger partial charge is 0.508 e. The number of rotatable bonds is 6. The van der Waals surface area contributed by atoms with Gasteiger partial charge in [-0.05, 0) is 55.7 Å². The van der Waals surface area contributed by atoms with Crippen LogP contribution in [0.25, 0.3) is 0 Å². The number of ether oxygens (including phenoxy) is 1. The Bertz CT molecular complexity index is 695. The standard InChI is InChI=1S/C20H26N2O4/c23-17-3-1-2-15(11-17)19(25)22-12-20(13-22)16(7-9-26-20)6-8-21-18(24)10-14-4-5-14/h1-3,11,14,16,23H,4-10,12-13H2,(H,21,24)/t16-/m1/s1. The van der Waals surface area contributed by atoms with Crippen molar-refractivity contribution in [3.8, 4) is 5.75 Å². The van der Waals surface area contributed by atoms with Crippen LogP contribution in [-0.4, -0.2) is 53.7 Å². The Balaban J connectivity index is 1.27. The van der Waals surface area contributed by atoms with Crippen LogP contribution in [0.1, 0.15) is 42.5 Å². The highest BCUT2D eigenvalue weighted by molar-refractivity contribution is 5.95. The lowest BCUT2D eigenvalue weighted by atomic mass is 9.78. The van der Waals surface area contributed by atoms with Gasteiger partial charge in [-0.3, -0.25) is 9.59 Å². The van der Waals surface area contributed by atoms with Crippen molar-refractivity contribution in [2.75, 3.05) is 26.2 Å². The quantitative estimate of drug-likeness (QED) is 0.814. The first kappa shape index (κ1) is 17.3. The Morgan fingerprint density at radius 1 is 1.27 bits per heavy atom. The van der Waals surface area contributed by atoms with Gasteiger partial charge in [0.05, 0.1) is 13.1 Å². The van der Waals surface area contributed by atoms with Crippen molar-refractivity contribution in [1.29, 1.82) is 0 Å². The van der Waals surface area contributed by atoms with Gasteiger partial charge in [-0.15, -0.1) is 0 Å². The predicted octanol–water partition coefficient (Wildman–Crippen LogP) is 1.93. The van der Waals surface area contributed by atoms with Gasteiger partial charge in [0, 0.05) is 25.1 Å². The Morgan fingerprint density at radius 2 is 2.08 bits per heavy atom. The molecule has 140 valence electrons. The molecule has 6 heteroatoms. The minimum absolute atomic E-state index is 0.0708. The summed E-state index contributed by atoms with van der Waals surface area (Å²) >= 11 is 0. The van der Waals surface area contributed by atoms with E-state index in [1.54, 1.807) is 23.1 Å². The number of hydrogen-bond donors (Lipinski definition) is 2.